The van der Waals surface area contributed by atoms with Crippen molar-refractivity contribution in [1.29, 1.82) is 0 Å². The molecule has 8 heteroatoms. The molecule has 4 aromatic rings. The zero-order chi connectivity index (χ0) is 28.1. The summed E-state index contributed by atoms with van der Waals surface area (Å²) in [5.41, 5.74) is 3.83. The molecule has 2 amide bonds. The molecule has 5 rings (SSSR count). The van der Waals surface area contributed by atoms with Gasteiger partial charge in [0.15, 0.2) is 5.76 Å². The number of amides is 2. The molecular formula is C32H35ClN4O3. The van der Waals surface area contributed by atoms with Crippen molar-refractivity contribution >= 4 is 29.1 Å². The van der Waals surface area contributed by atoms with Gasteiger partial charge in [-0.05, 0) is 61.9 Å². The lowest BCUT2D eigenvalue weighted by atomic mass is 10.1. The summed E-state index contributed by atoms with van der Waals surface area (Å²) in [6, 6.07) is 23.1. The number of halogens is 1. The van der Waals surface area contributed by atoms with E-state index in [1.54, 1.807) is 6.07 Å². The lowest BCUT2D eigenvalue weighted by Crippen LogP contribution is -2.48. The van der Waals surface area contributed by atoms with E-state index in [1.807, 2.05) is 89.7 Å². The Morgan fingerprint density at radius 2 is 1.68 bits per heavy atom. The van der Waals surface area contributed by atoms with Gasteiger partial charge in [0.05, 0.1) is 23.8 Å². The molecule has 0 spiro atoms. The number of benzene rings is 2. The molecule has 1 aliphatic rings. The van der Waals surface area contributed by atoms with E-state index < -0.39 is 0 Å². The summed E-state index contributed by atoms with van der Waals surface area (Å²) in [5.74, 6) is 0.963. The molecule has 0 bridgehead atoms. The van der Waals surface area contributed by atoms with Crippen LogP contribution in [0.5, 0.6) is 0 Å². The van der Waals surface area contributed by atoms with Gasteiger partial charge in [0, 0.05) is 50.2 Å². The van der Waals surface area contributed by atoms with Gasteiger partial charge in [0.1, 0.15) is 5.76 Å². The molecule has 0 atom stereocenters. The monoisotopic (exact) mass is 558 g/mol. The van der Waals surface area contributed by atoms with Crippen molar-refractivity contribution < 1.29 is 14.0 Å². The van der Waals surface area contributed by atoms with Crippen LogP contribution < -0.4 is 4.90 Å². The van der Waals surface area contributed by atoms with Gasteiger partial charge in [-0.15, -0.1) is 0 Å². The predicted molar refractivity (Wildman–Crippen MR) is 158 cm³/mol. The number of aryl methyl sites for hydroxylation is 1. The first-order valence-electron chi connectivity index (χ1n) is 13.8. The second-order valence-electron chi connectivity index (χ2n) is 10.2. The maximum Gasteiger partial charge on any atom is 0.289 e. The van der Waals surface area contributed by atoms with Crippen molar-refractivity contribution in [2.24, 2.45) is 0 Å². The number of rotatable bonds is 9. The third-order valence-electron chi connectivity index (χ3n) is 7.31. The zero-order valence-electron chi connectivity index (χ0n) is 23.1. The summed E-state index contributed by atoms with van der Waals surface area (Å²) in [7, 11) is 0. The highest BCUT2D eigenvalue weighted by molar-refractivity contribution is 6.33. The molecular weight excluding hydrogens is 524 g/mol. The summed E-state index contributed by atoms with van der Waals surface area (Å²) in [5, 5.41) is 0.722. The van der Waals surface area contributed by atoms with E-state index in [1.165, 1.54) is 0 Å². The van der Waals surface area contributed by atoms with Gasteiger partial charge in [-0.1, -0.05) is 48.4 Å². The van der Waals surface area contributed by atoms with Crippen LogP contribution in [0.2, 0.25) is 5.02 Å². The van der Waals surface area contributed by atoms with E-state index in [2.05, 4.69) is 16.4 Å². The summed E-state index contributed by atoms with van der Waals surface area (Å²) < 4.78 is 8.08. The minimum atomic E-state index is -0.101. The van der Waals surface area contributed by atoms with E-state index in [9.17, 15) is 9.59 Å². The average Bonchev–Trinajstić information content (AvgIpc) is 3.62. The van der Waals surface area contributed by atoms with E-state index in [4.69, 9.17) is 16.0 Å². The second-order valence-corrected chi connectivity index (χ2v) is 10.6. The molecule has 0 saturated carbocycles. The molecule has 3 heterocycles. The minimum absolute atomic E-state index is 0.0233. The lowest BCUT2D eigenvalue weighted by Gasteiger charge is -2.36. The summed E-state index contributed by atoms with van der Waals surface area (Å²) in [4.78, 5) is 32.3. The molecule has 0 aliphatic carbocycles. The molecule has 1 aliphatic heterocycles. The Hall–Kier alpha value is -3.97. The van der Waals surface area contributed by atoms with Gasteiger partial charge in [-0.25, -0.2) is 0 Å². The number of nitrogens with zero attached hydrogens (tertiary/aromatic N) is 4. The largest absolute Gasteiger partial charge is 0.454 e. The molecule has 2 aromatic heterocycles. The van der Waals surface area contributed by atoms with E-state index in [0.717, 1.165) is 28.4 Å². The summed E-state index contributed by atoms with van der Waals surface area (Å²) in [6.07, 6.45) is 2.85. The lowest BCUT2D eigenvalue weighted by molar-refractivity contribution is 0.0710. The highest BCUT2D eigenvalue weighted by Crippen LogP contribution is 2.26. The van der Waals surface area contributed by atoms with Crippen LogP contribution in [0.25, 0.3) is 0 Å². The van der Waals surface area contributed by atoms with Crippen molar-refractivity contribution in [2.45, 2.75) is 33.4 Å². The summed E-state index contributed by atoms with van der Waals surface area (Å²) in [6.45, 7) is 8.36. The van der Waals surface area contributed by atoms with Crippen molar-refractivity contribution in [1.82, 2.24) is 14.4 Å². The highest BCUT2D eigenvalue weighted by atomic mass is 35.5. The van der Waals surface area contributed by atoms with Crippen LogP contribution in [0.15, 0.2) is 83.4 Å². The standard InChI is InChI=1S/C32H35ClN4O3/c1-3-16-37(31(38)25-12-10-24(2)11-13-25)22-26-7-6-17-36(26)23-27-14-15-30(40-27)32(39)35-20-18-34(19-21-35)29-9-5-4-8-28(29)33/h4-15,17H,3,16,18-23H2,1-2H3. The molecule has 1 fully saturated rings. The normalized spacial score (nSPS) is 13.5. The molecule has 0 N–H and O–H groups in total. The van der Waals surface area contributed by atoms with Crippen molar-refractivity contribution in [3.8, 4) is 0 Å². The van der Waals surface area contributed by atoms with Crippen LogP contribution in [0.3, 0.4) is 0 Å². The predicted octanol–water partition coefficient (Wildman–Crippen LogP) is 6.11. The van der Waals surface area contributed by atoms with Gasteiger partial charge >= 0.3 is 0 Å². The van der Waals surface area contributed by atoms with Crippen LogP contribution in [-0.4, -0.2) is 58.9 Å². The van der Waals surface area contributed by atoms with Gasteiger partial charge in [-0.3, -0.25) is 9.59 Å². The van der Waals surface area contributed by atoms with E-state index in [-0.39, 0.29) is 11.8 Å². The molecule has 40 heavy (non-hydrogen) atoms. The fourth-order valence-electron chi connectivity index (χ4n) is 5.10. The second kappa shape index (κ2) is 12.5. The van der Waals surface area contributed by atoms with Crippen LogP contribution in [-0.2, 0) is 13.1 Å². The van der Waals surface area contributed by atoms with Crippen LogP contribution in [0.4, 0.5) is 5.69 Å². The first kappa shape index (κ1) is 27.6. The fraction of sp³-hybridized carbons (Fsp3) is 0.312. The van der Waals surface area contributed by atoms with E-state index in [0.29, 0.717) is 62.9 Å². The number of piperazine rings is 1. The molecule has 0 unspecified atom stereocenters. The summed E-state index contributed by atoms with van der Waals surface area (Å²) >= 11 is 6.36. The van der Waals surface area contributed by atoms with Crippen LogP contribution in [0.1, 0.15) is 51.3 Å². The number of furan rings is 1. The average molecular weight is 559 g/mol. The van der Waals surface area contributed by atoms with E-state index >= 15 is 0 Å². The quantitative estimate of drug-likeness (QED) is 0.249. The first-order valence-corrected chi connectivity index (χ1v) is 14.2. The number of aromatic nitrogens is 1. The van der Waals surface area contributed by atoms with Crippen molar-refractivity contribution in [3.05, 3.63) is 112 Å². The Kier molecular flexibility index (Phi) is 8.60. The third-order valence-corrected chi connectivity index (χ3v) is 7.63. The van der Waals surface area contributed by atoms with Crippen LogP contribution in [0, 0.1) is 6.92 Å². The molecule has 0 radical (unpaired) electrons. The topological polar surface area (TPSA) is 61.9 Å². The Labute approximate surface area is 240 Å². The van der Waals surface area contributed by atoms with Gasteiger partial charge in [0.25, 0.3) is 11.8 Å². The number of hydrogen-bond donors (Lipinski definition) is 0. The zero-order valence-corrected chi connectivity index (χ0v) is 23.8. The van der Waals surface area contributed by atoms with Crippen LogP contribution >= 0.6 is 11.6 Å². The SMILES string of the molecule is CCCN(Cc1cccn1Cc1ccc(C(=O)N2CCN(c3ccccc3Cl)CC2)o1)C(=O)c1ccc(C)cc1. The Morgan fingerprint density at radius 1 is 0.925 bits per heavy atom. The van der Waals surface area contributed by atoms with Gasteiger partial charge < -0.3 is 23.7 Å². The number of anilines is 1. The maximum atomic E-state index is 13.2. The van der Waals surface area contributed by atoms with Gasteiger partial charge in [0.2, 0.25) is 0 Å². The Morgan fingerprint density at radius 3 is 2.40 bits per heavy atom. The maximum absolute atomic E-state index is 13.2. The first-order chi connectivity index (χ1) is 19.4. The smallest absolute Gasteiger partial charge is 0.289 e. The fourth-order valence-corrected chi connectivity index (χ4v) is 5.36. The number of carbonyl (C=O) groups excluding carboxylic acids is 2. The number of carbonyl (C=O) groups is 2. The Bertz CT molecular complexity index is 1450. The number of para-hydroxylation sites is 1. The minimum Gasteiger partial charge on any atom is -0.454 e. The van der Waals surface area contributed by atoms with Crippen molar-refractivity contribution in [3.63, 3.8) is 0 Å². The molecule has 7 nitrogen and oxygen atoms in total. The number of hydrogen-bond acceptors (Lipinski definition) is 4. The van der Waals surface area contributed by atoms with Crippen molar-refractivity contribution in [2.75, 3.05) is 37.6 Å². The third kappa shape index (κ3) is 6.26. The molecule has 208 valence electrons. The molecule has 1 saturated heterocycles. The van der Waals surface area contributed by atoms with Gasteiger partial charge in [-0.2, -0.15) is 0 Å². The highest BCUT2D eigenvalue weighted by Gasteiger charge is 2.25. The Balaban J connectivity index is 1.21. The molecule has 2 aromatic carbocycles.